The summed E-state index contributed by atoms with van der Waals surface area (Å²) < 4.78 is 0. The van der Waals surface area contributed by atoms with E-state index in [-0.39, 0.29) is 29.5 Å². The van der Waals surface area contributed by atoms with Crippen LogP contribution in [0.4, 0.5) is 11.4 Å². The van der Waals surface area contributed by atoms with Crippen LogP contribution in [0.3, 0.4) is 0 Å². The van der Waals surface area contributed by atoms with E-state index < -0.39 is 4.92 Å². The number of phenolic OH excluding ortho intramolecular Hbond substituents is 1. The molecule has 0 bridgehead atoms. The number of nitrogens with one attached hydrogen (secondary N) is 1. The monoisotopic (exact) mass is 210 g/mol. The second kappa shape index (κ2) is 4.41. The molecule has 0 heterocycles. The van der Waals surface area contributed by atoms with Crippen LogP contribution in [-0.2, 0) is 4.79 Å². The SMILES string of the molecule is CCC(=O)Nc1ccc([N+](=O)[O-])cc1O. The van der Waals surface area contributed by atoms with Crippen molar-refractivity contribution in [2.45, 2.75) is 13.3 Å². The van der Waals surface area contributed by atoms with Crippen molar-refractivity contribution in [2.75, 3.05) is 5.32 Å². The molecule has 0 unspecified atom stereocenters. The summed E-state index contributed by atoms with van der Waals surface area (Å²) in [6.45, 7) is 1.66. The maximum Gasteiger partial charge on any atom is 0.273 e. The lowest BCUT2D eigenvalue weighted by Crippen LogP contribution is -2.09. The Hall–Kier alpha value is -2.11. The van der Waals surface area contributed by atoms with Crippen LogP contribution in [0.2, 0.25) is 0 Å². The summed E-state index contributed by atoms with van der Waals surface area (Å²) in [5, 5.41) is 22.1. The first-order valence-corrected chi connectivity index (χ1v) is 4.32. The van der Waals surface area contributed by atoms with Gasteiger partial charge in [-0.05, 0) is 6.07 Å². The lowest BCUT2D eigenvalue weighted by molar-refractivity contribution is -0.384. The molecule has 0 aromatic heterocycles. The first-order chi connectivity index (χ1) is 7.04. The topological polar surface area (TPSA) is 92.5 Å². The number of aromatic hydroxyl groups is 1. The molecule has 0 saturated heterocycles. The number of carbonyl (C=O) groups excluding carboxylic acids is 1. The van der Waals surface area contributed by atoms with Gasteiger partial charge in [0.05, 0.1) is 16.7 Å². The van der Waals surface area contributed by atoms with Crippen molar-refractivity contribution in [2.24, 2.45) is 0 Å². The van der Waals surface area contributed by atoms with Gasteiger partial charge in [0.1, 0.15) is 5.75 Å². The lowest BCUT2D eigenvalue weighted by atomic mass is 10.2. The minimum atomic E-state index is -0.620. The average molecular weight is 210 g/mol. The fourth-order valence-corrected chi connectivity index (χ4v) is 0.978. The van der Waals surface area contributed by atoms with Crippen LogP contribution >= 0.6 is 0 Å². The van der Waals surface area contributed by atoms with Crippen LogP contribution in [0.1, 0.15) is 13.3 Å². The van der Waals surface area contributed by atoms with E-state index in [9.17, 15) is 20.0 Å². The normalized spacial score (nSPS) is 9.67. The molecule has 1 rings (SSSR count). The average Bonchev–Trinajstić information content (AvgIpc) is 2.20. The fourth-order valence-electron chi connectivity index (χ4n) is 0.978. The van der Waals surface area contributed by atoms with Gasteiger partial charge in [0.2, 0.25) is 5.91 Å². The molecule has 1 aromatic rings. The highest BCUT2D eigenvalue weighted by Crippen LogP contribution is 2.27. The summed E-state index contributed by atoms with van der Waals surface area (Å²) in [4.78, 5) is 20.7. The number of hydrogen-bond donors (Lipinski definition) is 2. The number of amides is 1. The van der Waals surface area contributed by atoms with Crippen molar-refractivity contribution in [3.05, 3.63) is 28.3 Å². The standard InChI is InChI=1S/C9H10N2O4/c1-2-9(13)10-7-4-3-6(11(14)15)5-8(7)12/h3-5,12H,2H2,1H3,(H,10,13). The van der Waals surface area contributed by atoms with Gasteiger partial charge in [0.25, 0.3) is 5.69 Å². The van der Waals surface area contributed by atoms with Crippen molar-refractivity contribution in [3.63, 3.8) is 0 Å². The Morgan fingerprint density at radius 1 is 1.60 bits per heavy atom. The smallest absolute Gasteiger partial charge is 0.273 e. The number of nitro groups is 1. The van der Waals surface area contributed by atoms with Gasteiger partial charge in [0, 0.05) is 12.5 Å². The third-order valence-electron chi connectivity index (χ3n) is 1.79. The molecule has 0 aliphatic carbocycles. The molecular weight excluding hydrogens is 200 g/mol. The van der Waals surface area contributed by atoms with Crippen LogP contribution in [0.5, 0.6) is 5.75 Å². The lowest BCUT2D eigenvalue weighted by Gasteiger charge is -2.05. The van der Waals surface area contributed by atoms with E-state index in [4.69, 9.17) is 0 Å². The molecule has 0 fully saturated rings. The Morgan fingerprint density at radius 2 is 2.27 bits per heavy atom. The number of carbonyl (C=O) groups is 1. The fraction of sp³-hybridized carbons (Fsp3) is 0.222. The van der Waals surface area contributed by atoms with Crippen molar-refractivity contribution in [1.82, 2.24) is 0 Å². The zero-order valence-corrected chi connectivity index (χ0v) is 8.06. The van der Waals surface area contributed by atoms with Crippen LogP contribution in [0, 0.1) is 10.1 Å². The molecular formula is C9H10N2O4. The number of non-ortho nitro benzene ring substituents is 1. The molecule has 0 spiro atoms. The molecule has 15 heavy (non-hydrogen) atoms. The Balaban J connectivity index is 2.93. The third kappa shape index (κ3) is 2.67. The summed E-state index contributed by atoms with van der Waals surface area (Å²) in [5.74, 6) is -0.579. The first-order valence-electron chi connectivity index (χ1n) is 4.32. The number of rotatable bonds is 3. The molecule has 2 N–H and O–H groups in total. The Kier molecular flexibility index (Phi) is 3.22. The highest BCUT2D eigenvalue weighted by atomic mass is 16.6. The molecule has 0 aliphatic rings. The number of nitro benzene ring substituents is 1. The maximum atomic E-state index is 11.0. The van der Waals surface area contributed by atoms with E-state index in [2.05, 4.69) is 5.32 Å². The van der Waals surface area contributed by atoms with Gasteiger partial charge < -0.3 is 10.4 Å². The van der Waals surface area contributed by atoms with Crippen molar-refractivity contribution in [1.29, 1.82) is 0 Å². The van der Waals surface area contributed by atoms with Crippen LogP contribution in [0.25, 0.3) is 0 Å². The van der Waals surface area contributed by atoms with Crippen LogP contribution < -0.4 is 5.32 Å². The number of anilines is 1. The van der Waals surface area contributed by atoms with Crippen LogP contribution in [0.15, 0.2) is 18.2 Å². The molecule has 0 aliphatic heterocycles. The molecule has 0 saturated carbocycles. The molecule has 0 radical (unpaired) electrons. The van der Waals surface area contributed by atoms with Gasteiger partial charge >= 0.3 is 0 Å². The summed E-state index contributed by atoms with van der Waals surface area (Å²) in [6, 6.07) is 3.50. The molecule has 6 nitrogen and oxygen atoms in total. The first kappa shape index (κ1) is 11.0. The third-order valence-corrected chi connectivity index (χ3v) is 1.79. The van der Waals surface area contributed by atoms with Crippen molar-refractivity contribution < 1.29 is 14.8 Å². The minimum absolute atomic E-state index is 0.174. The summed E-state index contributed by atoms with van der Waals surface area (Å²) >= 11 is 0. The Bertz CT molecular complexity index is 403. The molecule has 80 valence electrons. The largest absolute Gasteiger partial charge is 0.506 e. The predicted octanol–water partition coefficient (Wildman–Crippen LogP) is 1.65. The molecule has 1 aromatic carbocycles. The van der Waals surface area contributed by atoms with Crippen molar-refractivity contribution in [3.8, 4) is 5.75 Å². The zero-order valence-electron chi connectivity index (χ0n) is 8.06. The second-order valence-corrected chi connectivity index (χ2v) is 2.86. The van der Waals surface area contributed by atoms with E-state index in [1.807, 2.05) is 0 Å². The number of nitrogens with zero attached hydrogens (tertiary/aromatic N) is 1. The highest BCUT2D eigenvalue weighted by Gasteiger charge is 2.10. The molecule has 1 amide bonds. The maximum absolute atomic E-state index is 11.0. The van der Waals surface area contributed by atoms with E-state index in [0.29, 0.717) is 0 Å². The van der Waals surface area contributed by atoms with Gasteiger partial charge in [-0.25, -0.2) is 0 Å². The summed E-state index contributed by atoms with van der Waals surface area (Å²) in [5.41, 5.74) is -0.0468. The predicted molar refractivity (Wildman–Crippen MR) is 53.7 cm³/mol. The second-order valence-electron chi connectivity index (χ2n) is 2.86. The van der Waals surface area contributed by atoms with E-state index in [1.165, 1.54) is 12.1 Å². The number of hydrogen-bond acceptors (Lipinski definition) is 4. The van der Waals surface area contributed by atoms with E-state index in [0.717, 1.165) is 6.07 Å². The van der Waals surface area contributed by atoms with Gasteiger partial charge in [-0.3, -0.25) is 14.9 Å². The summed E-state index contributed by atoms with van der Waals surface area (Å²) in [7, 11) is 0. The quantitative estimate of drug-likeness (QED) is 0.450. The molecule has 6 heteroatoms. The van der Waals surface area contributed by atoms with Crippen molar-refractivity contribution >= 4 is 17.3 Å². The Labute approximate surface area is 85.7 Å². The number of phenols is 1. The molecule has 0 atom stereocenters. The zero-order chi connectivity index (χ0) is 11.4. The summed E-state index contributed by atoms with van der Waals surface area (Å²) in [6.07, 6.45) is 0.274. The van der Waals surface area contributed by atoms with Gasteiger partial charge in [-0.2, -0.15) is 0 Å². The number of benzene rings is 1. The van der Waals surface area contributed by atoms with E-state index >= 15 is 0 Å². The minimum Gasteiger partial charge on any atom is -0.506 e. The van der Waals surface area contributed by atoms with Gasteiger partial charge in [0.15, 0.2) is 0 Å². The van der Waals surface area contributed by atoms with E-state index in [1.54, 1.807) is 6.92 Å². The van der Waals surface area contributed by atoms with Crippen LogP contribution in [-0.4, -0.2) is 15.9 Å². The van der Waals surface area contributed by atoms with Gasteiger partial charge in [-0.1, -0.05) is 6.92 Å². The van der Waals surface area contributed by atoms with Gasteiger partial charge in [-0.15, -0.1) is 0 Å². The Morgan fingerprint density at radius 3 is 2.73 bits per heavy atom. The highest BCUT2D eigenvalue weighted by molar-refractivity contribution is 5.92.